The number of hydrogen-bond donors (Lipinski definition) is 1. The van der Waals surface area contributed by atoms with Crippen molar-refractivity contribution in [3.05, 3.63) is 83.2 Å². The van der Waals surface area contributed by atoms with Crippen LogP contribution in [0.25, 0.3) is 16.2 Å². The zero-order chi connectivity index (χ0) is 18.8. The molecule has 2 aromatic heterocycles. The summed E-state index contributed by atoms with van der Waals surface area (Å²) in [5, 5.41) is 4.98. The van der Waals surface area contributed by atoms with Gasteiger partial charge in [0.05, 0.1) is 18.2 Å². The third kappa shape index (κ3) is 3.75. The molecule has 1 amide bonds. The average molecular weight is 379 g/mol. The Morgan fingerprint density at radius 1 is 1.19 bits per heavy atom. The fourth-order valence-electron chi connectivity index (χ4n) is 3.00. The largest absolute Gasteiger partial charge is 0.349 e. The van der Waals surface area contributed by atoms with Crippen molar-refractivity contribution < 1.29 is 9.18 Å². The lowest BCUT2D eigenvalue weighted by molar-refractivity contribution is -0.121. The van der Waals surface area contributed by atoms with Crippen LogP contribution in [-0.4, -0.2) is 15.3 Å². The third-order valence-corrected chi connectivity index (χ3v) is 5.33. The summed E-state index contributed by atoms with van der Waals surface area (Å²) in [6.45, 7) is 1.97. The van der Waals surface area contributed by atoms with E-state index in [1.807, 2.05) is 53.2 Å². The summed E-state index contributed by atoms with van der Waals surface area (Å²) in [7, 11) is 0. The Hall–Kier alpha value is -2.99. The number of thiazole rings is 1. The van der Waals surface area contributed by atoms with E-state index in [9.17, 15) is 9.18 Å². The number of rotatable bonds is 5. The molecule has 2 aromatic carbocycles. The van der Waals surface area contributed by atoms with E-state index in [0.29, 0.717) is 0 Å². The summed E-state index contributed by atoms with van der Waals surface area (Å²) in [5.41, 5.74) is 3.57. The van der Waals surface area contributed by atoms with E-state index in [1.165, 1.54) is 23.5 Å². The number of nitrogens with zero attached hydrogens (tertiary/aromatic N) is 2. The highest BCUT2D eigenvalue weighted by Gasteiger charge is 2.14. The minimum atomic E-state index is -0.273. The molecule has 0 radical (unpaired) electrons. The van der Waals surface area contributed by atoms with Crippen LogP contribution in [0.2, 0.25) is 0 Å². The Morgan fingerprint density at radius 2 is 1.93 bits per heavy atom. The number of benzene rings is 2. The van der Waals surface area contributed by atoms with Gasteiger partial charge >= 0.3 is 0 Å². The molecule has 2 heterocycles. The van der Waals surface area contributed by atoms with E-state index in [0.717, 1.165) is 27.5 Å². The molecule has 136 valence electrons. The normalized spacial score (nSPS) is 12.2. The van der Waals surface area contributed by atoms with Gasteiger partial charge in [0, 0.05) is 22.8 Å². The van der Waals surface area contributed by atoms with Crippen LogP contribution in [0, 0.1) is 5.82 Å². The topological polar surface area (TPSA) is 46.4 Å². The zero-order valence-corrected chi connectivity index (χ0v) is 15.5. The highest BCUT2D eigenvalue weighted by atomic mass is 32.1. The number of halogens is 1. The first-order chi connectivity index (χ1) is 13.1. The first kappa shape index (κ1) is 17.4. The summed E-state index contributed by atoms with van der Waals surface area (Å²) in [4.78, 5) is 17.9. The number of aromatic nitrogens is 2. The molecular formula is C21H18FN3OS. The van der Waals surface area contributed by atoms with Crippen molar-refractivity contribution in [3.8, 4) is 11.3 Å². The van der Waals surface area contributed by atoms with Crippen molar-refractivity contribution >= 4 is 22.2 Å². The quantitative estimate of drug-likeness (QED) is 0.550. The highest BCUT2D eigenvalue weighted by Crippen LogP contribution is 2.24. The van der Waals surface area contributed by atoms with Crippen LogP contribution in [0.4, 0.5) is 4.39 Å². The number of nitrogens with one attached hydrogen (secondary N) is 1. The second kappa shape index (κ2) is 7.32. The predicted molar refractivity (Wildman–Crippen MR) is 105 cm³/mol. The highest BCUT2D eigenvalue weighted by molar-refractivity contribution is 7.15. The Bertz CT molecular complexity index is 1070. The Morgan fingerprint density at radius 3 is 2.67 bits per heavy atom. The Balaban J connectivity index is 1.50. The fraction of sp³-hybridized carbons (Fsp3) is 0.143. The Kier molecular flexibility index (Phi) is 4.73. The summed E-state index contributed by atoms with van der Waals surface area (Å²) in [5.74, 6) is -0.312. The van der Waals surface area contributed by atoms with Gasteiger partial charge < -0.3 is 5.32 Å². The van der Waals surface area contributed by atoms with Crippen LogP contribution in [-0.2, 0) is 11.2 Å². The zero-order valence-electron chi connectivity index (χ0n) is 14.7. The number of amides is 1. The van der Waals surface area contributed by atoms with Crippen molar-refractivity contribution in [1.29, 1.82) is 0 Å². The van der Waals surface area contributed by atoms with Gasteiger partial charge in [-0.3, -0.25) is 9.20 Å². The molecule has 0 unspecified atom stereocenters. The minimum Gasteiger partial charge on any atom is -0.349 e. The monoisotopic (exact) mass is 379 g/mol. The molecule has 0 aliphatic rings. The van der Waals surface area contributed by atoms with Gasteiger partial charge in [0.15, 0.2) is 4.96 Å². The molecule has 0 aliphatic carbocycles. The van der Waals surface area contributed by atoms with Gasteiger partial charge in [-0.15, -0.1) is 11.3 Å². The van der Waals surface area contributed by atoms with Gasteiger partial charge in [-0.25, -0.2) is 9.37 Å². The van der Waals surface area contributed by atoms with Gasteiger partial charge in [0.2, 0.25) is 5.91 Å². The van der Waals surface area contributed by atoms with Crippen LogP contribution in [0.15, 0.2) is 66.2 Å². The standard InChI is InChI=1S/C21H18FN3OS/c1-14(15-5-3-2-4-6-15)23-20(26)11-18-13-27-21-24-19(12-25(18)21)16-7-9-17(22)10-8-16/h2-10,12-14H,11H2,1H3,(H,23,26)/t14-/m0/s1. The molecule has 4 rings (SSSR count). The lowest BCUT2D eigenvalue weighted by atomic mass is 10.1. The summed E-state index contributed by atoms with van der Waals surface area (Å²) in [6, 6.07) is 16.1. The fourth-order valence-corrected chi connectivity index (χ4v) is 3.87. The molecular weight excluding hydrogens is 361 g/mol. The molecule has 6 heteroatoms. The maximum atomic E-state index is 13.1. The van der Waals surface area contributed by atoms with Gasteiger partial charge in [-0.05, 0) is 36.8 Å². The molecule has 0 aliphatic heterocycles. The maximum absolute atomic E-state index is 13.1. The third-order valence-electron chi connectivity index (χ3n) is 4.44. The van der Waals surface area contributed by atoms with Gasteiger partial charge in [-0.1, -0.05) is 30.3 Å². The van der Waals surface area contributed by atoms with E-state index >= 15 is 0 Å². The first-order valence-corrected chi connectivity index (χ1v) is 9.54. The van der Waals surface area contributed by atoms with E-state index in [-0.39, 0.29) is 24.2 Å². The molecule has 0 fully saturated rings. The molecule has 27 heavy (non-hydrogen) atoms. The van der Waals surface area contributed by atoms with Crippen molar-refractivity contribution in [3.63, 3.8) is 0 Å². The van der Waals surface area contributed by atoms with Crippen LogP contribution in [0.1, 0.15) is 24.2 Å². The average Bonchev–Trinajstić information content (AvgIpc) is 3.25. The maximum Gasteiger partial charge on any atom is 0.226 e. The van der Waals surface area contributed by atoms with E-state index in [2.05, 4.69) is 10.3 Å². The summed E-state index contributed by atoms with van der Waals surface area (Å²) in [6.07, 6.45) is 2.17. The summed E-state index contributed by atoms with van der Waals surface area (Å²) >= 11 is 1.49. The number of carbonyl (C=O) groups is 1. The van der Waals surface area contributed by atoms with Crippen LogP contribution in [0.5, 0.6) is 0 Å². The van der Waals surface area contributed by atoms with E-state index < -0.39 is 0 Å². The molecule has 0 saturated heterocycles. The number of hydrogen-bond acceptors (Lipinski definition) is 3. The van der Waals surface area contributed by atoms with E-state index in [1.54, 1.807) is 12.1 Å². The SMILES string of the molecule is C[C@H](NC(=O)Cc1csc2nc(-c3ccc(F)cc3)cn12)c1ccccc1. The predicted octanol–water partition coefficient (Wildman–Crippen LogP) is 4.62. The first-order valence-electron chi connectivity index (χ1n) is 8.66. The van der Waals surface area contributed by atoms with Crippen molar-refractivity contribution in [2.24, 2.45) is 0 Å². The van der Waals surface area contributed by atoms with Crippen LogP contribution < -0.4 is 5.32 Å². The van der Waals surface area contributed by atoms with Crippen molar-refractivity contribution in [1.82, 2.24) is 14.7 Å². The molecule has 4 aromatic rings. The minimum absolute atomic E-state index is 0.0388. The molecule has 0 spiro atoms. The second-order valence-corrected chi connectivity index (χ2v) is 7.23. The van der Waals surface area contributed by atoms with Gasteiger partial charge in [0.1, 0.15) is 5.82 Å². The summed E-state index contributed by atoms with van der Waals surface area (Å²) < 4.78 is 15.0. The number of carbonyl (C=O) groups excluding carboxylic acids is 1. The molecule has 1 atom stereocenters. The van der Waals surface area contributed by atoms with Crippen LogP contribution >= 0.6 is 11.3 Å². The van der Waals surface area contributed by atoms with Gasteiger partial charge in [0.25, 0.3) is 0 Å². The van der Waals surface area contributed by atoms with Crippen molar-refractivity contribution in [2.45, 2.75) is 19.4 Å². The molecule has 0 saturated carbocycles. The number of imidazole rings is 1. The number of fused-ring (bicyclic) bond motifs is 1. The molecule has 0 bridgehead atoms. The molecule has 1 N–H and O–H groups in total. The van der Waals surface area contributed by atoms with Crippen molar-refractivity contribution in [2.75, 3.05) is 0 Å². The second-order valence-electron chi connectivity index (χ2n) is 6.39. The lowest BCUT2D eigenvalue weighted by Gasteiger charge is -2.14. The Labute approximate surface area is 160 Å². The smallest absolute Gasteiger partial charge is 0.226 e. The molecule has 4 nitrogen and oxygen atoms in total. The van der Waals surface area contributed by atoms with Crippen LogP contribution in [0.3, 0.4) is 0 Å². The van der Waals surface area contributed by atoms with E-state index in [4.69, 9.17) is 0 Å². The van der Waals surface area contributed by atoms with Gasteiger partial charge in [-0.2, -0.15) is 0 Å². The lowest BCUT2D eigenvalue weighted by Crippen LogP contribution is -2.28.